The van der Waals surface area contributed by atoms with Gasteiger partial charge in [0, 0.05) is 16.2 Å². The van der Waals surface area contributed by atoms with E-state index in [4.69, 9.17) is 0 Å². The SMILES string of the molecule is CCc1ccc(CC(O)C2CCC2)s1. The van der Waals surface area contributed by atoms with Crippen molar-refractivity contribution in [2.45, 2.75) is 45.1 Å². The third kappa shape index (κ3) is 2.18. The highest BCUT2D eigenvalue weighted by Gasteiger charge is 2.25. The molecule has 1 nitrogen and oxygen atoms in total. The molecule has 0 bridgehead atoms. The molecule has 1 saturated carbocycles. The molecule has 78 valence electrons. The number of aliphatic hydroxyl groups excluding tert-OH is 1. The van der Waals surface area contributed by atoms with Crippen molar-refractivity contribution in [3.8, 4) is 0 Å². The van der Waals surface area contributed by atoms with Crippen molar-refractivity contribution >= 4 is 11.3 Å². The molecule has 1 fully saturated rings. The quantitative estimate of drug-likeness (QED) is 0.810. The van der Waals surface area contributed by atoms with Crippen molar-refractivity contribution in [2.75, 3.05) is 0 Å². The van der Waals surface area contributed by atoms with Crippen LogP contribution in [-0.4, -0.2) is 11.2 Å². The zero-order chi connectivity index (χ0) is 9.97. The van der Waals surface area contributed by atoms with Crippen molar-refractivity contribution in [3.63, 3.8) is 0 Å². The van der Waals surface area contributed by atoms with Gasteiger partial charge >= 0.3 is 0 Å². The maximum atomic E-state index is 9.91. The molecule has 0 saturated heterocycles. The minimum Gasteiger partial charge on any atom is -0.392 e. The van der Waals surface area contributed by atoms with Crippen molar-refractivity contribution in [3.05, 3.63) is 21.9 Å². The highest BCUT2D eigenvalue weighted by Crippen LogP contribution is 2.32. The molecule has 0 aromatic carbocycles. The van der Waals surface area contributed by atoms with E-state index in [1.54, 1.807) is 0 Å². The summed E-state index contributed by atoms with van der Waals surface area (Å²) in [5.41, 5.74) is 0. The van der Waals surface area contributed by atoms with Crippen LogP contribution in [0.1, 0.15) is 35.9 Å². The van der Waals surface area contributed by atoms with Gasteiger partial charge in [-0.3, -0.25) is 0 Å². The van der Waals surface area contributed by atoms with E-state index in [1.807, 2.05) is 11.3 Å². The Hall–Kier alpha value is -0.340. The fraction of sp³-hybridized carbons (Fsp3) is 0.667. The molecule has 0 spiro atoms. The third-order valence-electron chi connectivity index (χ3n) is 3.17. The lowest BCUT2D eigenvalue weighted by Crippen LogP contribution is -2.28. The van der Waals surface area contributed by atoms with Gasteiger partial charge in [0.05, 0.1) is 6.10 Å². The molecular weight excluding hydrogens is 192 g/mol. The van der Waals surface area contributed by atoms with Crippen LogP contribution < -0.4 is 0 Å². The summed E-state index contributed by atoms with van der Waals surface area (Å²) in [7, 11) is 0. The van der Waals surface area contributed by atoms with Crippen LogP contribution in [0.15, 0.2) is 12.1 Å². The van der Waals surface area contributed by atoms with Crippen LogP contribution in [0.5, 0.6) is 0 Å². The minimum absolute atomic E-state index is 0.0906. The molecule has 1 aromatic rings. The molecule has 14 heavy (non-hydrogen) atoms. The van der Waals surface area contributed by atoms with E-state index in [0.29, 0.717) is 5.92 Å². The smallest absolute Gasteiger partial charge is 0.0616 e. The molecule has 0 aliphatic heterocycles. The minimum atomic E-state index is -0.0906. The Morgan fingerprint density at radius 1 is 1.43 bits per heavy atom. The lowest BCUT2D eigenvalue weighted by atomic mass is 9.80. The summed E-state index contributed by atoms with van der Waals surface area (Å²) in [6.45, 7) is 2.18. The van der Waals surface area contributed by atoms with E-state index < -0.39 is 0 Å². The Kier molecular flexibility index (Phi) is 3.24. The first kappa shape index (κ1) is 10.2. The molecular formula is C12H18OS. The van der Waals surface area contributed by atoms with E-state index in [2.05, 4.69) is 19.1 Å². The van der Waals surface area contributed by atoms with Gasteiger partial charge < -0.3 is 5.11 Å². The Morgan fingerprint density at radius 2 is 2.14 bits per heavy atom. The normalized spacial score (nSPS) is 19.3. The van der Waals surface area contributed by atoms with Gasteiger partial charge in [0.1, 0.15) is 0 Å². The molecule has 2 heteroatoms. The fourth-order valence-corrected chi connectivity index (χ4v) is 2.93. The van der Waals surface area contributed by atoms with Crippen molar-refractivity contribution in [1.29, 1.82) is 0 Å². The largest absolute Gasteiger partial charge is 0.392 e. The first-order valence-electron chi connectivity index (χ1n) is 5.55. The molecule has 0 amide bonds. The summed E-state index contributed by atoms with van der Waals surface area (Å²) in [6, 6.07) is 4.36. The van der Waals surface area contributed by atoms with Crippen LogP contribution >= 0.6 is 11.3 Å². The van der Waals surface area contributed by atoms with E-state index in [9.17, 15) is 5.11 Å². The number of aliphatic hydroxyl groups is 1. The van der Waals surface area contributed by atoms with E-state index in [-0.39, 0.29) is 6.10 Å². The van der Waals surface area contributed by atoms with Crippen molar-refractivity contribution in [2.24, 2.45) is 5.92 Å². The number of rotatable bonds is 4. The van der Waals surface area contributed by atoms with Crippen LogP contribution in [0, 0.1) is 5.92 Å². The lowest BCUT2D eigenvalue weighted by Gasteiger charge is -2.29. The van der Waals surface area contributed by atoms with E-state index >= 15 is 0 Å². The molecule has 1 N–H and O–H groups in total. The Labute approximate surface area is 89.8 Å². The topological polar surface area (TPSA) is 20.2 Å². The van der Waals surface area contributed by atoms with E-state index in [0.717, 1.165) is 12.8 Å². The number of aryl methyl sites for hydroxylation is 1. The van der Waals surface area contributed by atoms with E-state index in [1.165, 1.54) is 29.0 Å². The van der Waals surface area contributed by atoms with Gasteiger partial charge in [-0.15, -0.1) is 11.3 Å². The van der Waals surface area contributed by atoms with Crippen molar-refractivity contribution < 1.29 is 5.11 Å². The zero-order valence-electron chi connectivity index (χ0n) is 8.70. The van der Waals surface area contributed by atoms with Crippen LogP contribution in [-0.2, 0) is 12.8 Å². The van der Waals surface area contributed by atoms with Gasteiger partial charge in [0.15, 0.2) is 0 Å². The van der Waals surface area contributed by atoms with Gasteiger partial charge in [0.2, 0.25) is 0 Å². The second kappa shape index (κ2) is 4.45. The third-order valence-corrected chi connectivity index (χ3v) is 4.42. The van der Waals surface area contributed by atoms with Crippen molar-refractivity contribution in [1.82, 2.24) is 0 Å². The molecule has 1 aliphatic rings. The first-order chi connectivity index (χ1) is 6.79. The molecule has 1 unspecified atom stereocenters. The average Bonchev–Trinajstić information content (AvgIpc) is 2.48. The number of hydrogen-bond acceptors (Lipinski definition) is 2. The predicted molar refractivity (Wildman–Crippen MR) is 60.7 cm³/mol. The Bertz CT molecular complexity index is 288. The van der Waals surface area contributed by atoms with Gasteiger partial charge in [-0.2, -0.15) is 0 Å². The summed E-state index contributed by atoms with van der Waals surface area (Å²) in [4.78, 5) is 2.78. The summed E-state index contributed by atoms with van der Waals surface area (Å²) in [6.07, 6.45) is 5.67. The highest BCUT2D eigenvalue weighted by molar-refractivity contribution is 7.11. The van der Waals surface area contributed by atoms with Crippen LogP contribution in [0.4, 0.5) is 0 Å². The molecule has 1 aliphatic carbocycles. The van der Waals surface area contributed by atoms with Crippen LogP contribution in [0.2, 0.25) is 0 Å². The highest BCUT2D eigenvalue weighted by atomic mass is 32.1. The Balaban J connectivity index is 1.89. The fourth-order valence-electron chi connectivity index (χ4n) is 1.92. The summed E-state index contributed by atoms with van der Waals surface area (Å²) >= 11 is 1.85. The molecule has 1 atom stereocenters. The van der Waals surface area contributed by atoms with Gasteiger partial charge in [-0.25, -0.2) is 0 Å². The molecule has 1 aromatic heterocycles. The maximum Gasteiger partial charge on any atom is 0.0616 e. The van der Waals surface area contributed by atoms with Gasteiger partial charge in [-0.1, -0.05) is 13.3 Å². The first-order valence-corrected chi connectivity index (χ1v) is 6.37. The van der Waals surface area contributed by atoms with Gasteiger partial charge in [-0.05, 0) is 37.3 Å². The zero-order valence-corrected chi connectivity index (χ0v) is 9.52. The maximum absolute atomic E-state index is 9.91. The second-order valence-electron chi connectivity index (χ2n) is 4.18. The second-order valence-corrected chi connectivity index (χ2v) is 5.44. The predicted octanol–water partition coefficient (Wildman–Crippen LogP) is 3.01. The lowest BCUT2D eigenvalue weighted by molar-refractivity contribution is 0.0636. The van der Waals surface area contributed by atoms with Crippen LogP contribution in [0.3, 0.4) is 0 Å². The van der Waals surface area contributed by atoms with Crippen LogP contribution in [0.25, 0.3) is 0 Å². The van der Waals surface area contributed by atoms with Gasteiger partial charge in [0.25, 0.3) is 0 Å². The molecule has 1 heterocycles. The summed E-state index contributed by atoms with van der Waals surface area (Å²) < 4.78 is 0. The summed E-state index contributed by atoms with van der Waals surface area (Å²) in [5.74, 6) is 0.585. The Morgan fingerprint density at radius 3 is 2.64 bits per heavy atom. The average molecular weight is 210 g/mol. The standard InChI is InChI=1S/C12H18OS/c1-2-10-6-7-11(14-10)8-12(13)9-4-3-5-9/h6-7,9,12-13H,2-5,8H2,1H3. The monoisotopic (exact) mass is 210 g/mol. The molecule has 2 rings (SSSR count). The number of hydrogen-bond donors (Lipinski definition) is 1. The molecule has 0 radical (unpaired) electrons. The number of thiophene rings is 1. The summed E-state index contributed by atoms with van der Waals surface area (Å²) in [5, 5.41) is 9.91.